The molecule has 21 heavy (non-hydrogen) atoms. The summed E-state index contributed by atoms with van der Waals surface area (Å²) in [5, 5.41) is 2.00. The lowest BCUT2D eigenvalue weighted by Crippen LogP contribution is -2.25. The number of benzene rings is 2. The molecule has 0 aliphatic heterocycles. The predicted octanol–water partition coefficient (Wildman–Crippen LogP) is 4.06. The van der Waals surface area contributed by atoms with Gasteiger partial charge in [0.05, 0.1) is 7.11 Å². The normalized spacial score (nSPS) is 13.4. The number of halogens is 3. The number of nitrogens with two attached hydrogens (primary N) is 1. The molecule has 1 unspecified atom stereocenters. The Balaban J connectivity index is 2.17. The molecule has 0 saturated heterocycles. The number of rotatable bonds is 5. The van der Waals surface area contributed by atoms with E-state index in [2.05, 4.69) is 0 Å². The van der Waals surface area contributed by atoms with E-state index in [4.69, 9.17) is 10.5 Å². The van der Waals surface area contributed by atoms with Gasteiger partial charge in [-0.3, -0.25) is 0 Å². The van der Waals surface area contributed by atoms with Crippen molar-refractivity contribution in [2.24, 2.45) is 5.73 Å². The molecular weight excluding hydrogens is 279 g/mol. The molecule has 5 heteroatoms. The summed E-state index contributed by atoms with van der Waals surface area (Å²) >= 11 is 0. The molecule has 0 radical (unpaired) electrons. The minimum Gasteiger partial charge on any atom is -0.497 e. The van der Waals surface area contributed by atoms with Gasteiger partial charge in [-0.15, -0.1) is 0 Å². The van der Waals surface area contributed by atoms with E-state index in [1.54, 1.807) is 7.11 Å². The van der Waals surface area contributed by atoms with Crippen LogP contribution in [0.4, 0.5) is 13.2 Å². The summed E-state index contributed by atoms with van der Waals surface area (Å²) in [5.41, 5.74) is 6.79. The number of fused-ring (bicyclic) bond motifs is 1. The minimum atomic E-state index is -4.15. The number of methoxy groups -OCH3 is 1. The fourth-order valence-electron chi connectivity index (χ4n) is 2.36. The molecule has 0 saturated carbocycles. The van der Waals surface area contributed by atoms with Gasteiger partial charge in [0.25, 0.3) is 0 Å². The maximum atomic E-state index is 12.2. The third kappa shape index (κ3) is 4.36. The van der Waals surface area contributed by atoms with Gasteiger partial charge in [-0.1, -0.05) is 24.3 Å². The fourth-order valence-corrected chi connectivity index (χ4v) is 2.36. The lowest BCUT2D eigenvalue weighted by molar-refractivity contribution is -0.136. The SMILES string of the molecule is COc1ccc2cccc(CC(N)CCC(F)(F)F)c2c1. The second-order valence-corrected chi connectivity index (χ2v) is 5.12. The molecule has 0 spiro atoms. The Morgan fingerprint density at radius 1 is 1.19 bits per heavy atom. The first-order valence-corrected chi connectivity index (χ1v) is 6.77. The third-order valence-corrected chi connectivity index (χ3v) is 3.46. The summed E-state index contributed by atoms with van der Waals surface area (Å²) in [6.45, 7) is 0. The molecule has 0 aromatic heterocycles. The fraction of sp³-hybridized carbons (Fsp3) is 0.375. The number of alkyl halides is 3. The molecule has 2 rings (SSSR count). The van der Waals surface area contributed by atoms with Crippen molar-refractivity contribution >= 4 is 10.8 Å². The highest BCUT2D eigenvalue weighted by atomic mass is 19.4. The third-order valence-electron chi connectivity index (χ3n) is 3.46. The monoisotopic (exact) mass is 297 g/mol. The van der Waals surface area contributed by atoms with Crippen LogP contribution < -0.4 is 10.5 Å². The van der Waals surface area contributed by atoms with Crippen LogP contribution in [0.1, 0.15) is 18.4 Å². The van der Waals surface area contributed by atoms with Crippen LogP contribution in [0.15, 0.2) is 36.4 Å². The van der Waals surface area contributed by atoms with Crippen molar-refractivity contribution in [1.29, 1.82) is 0 Å². The van der Waals surface area contributed by atoms with Crippen molar-refractivity contribution < 1.29 is 17.9 Å². The van der Waals surface area contributed by atoms with E-state index in [1.807, 2.05) is 36.4 Å². The van der Waals surface area contributed by atoms with Gasteiger partial charge >= 0.3 is 6.18 Å². The van der Waals surface area contributed by atoms with Crippen molar-refractivity contribution in [2.45, 2.75) is 31.5 Å². The largest absolute Gasteiger partial charge is 0.497 e. The standard InChI is InChI=1S/C16H18F3NO/c1-21-14-6-5-11-3-2-4-12(15(11)10-14)9-13(20)7-8-16(17,18)19/h2-6,10,13H,7-9,20H2,1H3. The van der Waals surface area contributed by atoms with Crippen LogP contribution in [0.2, 0.25) is 0 Å². The zero-order chi connectivity index (χ0) is 15.5. The smallest absolute Gasteiger partial charge is 0.389 e. The van der Waals surface area contributed by atoms with Crippen LogP contribution in [0.5, 0.6) is 5.75 Å². The van der Waals surface area contributed by atoms with Gasteiger partial charge in [-0.25, -0.2) is 0 Å². The van der Waals surface area contributed by atoms with E-state index < -0.39 is 18.6 Å². The average molecular weight is 297 g/mol. The molecule has 1 atom stereocenters. The molecule has 0 heterocycles. The molecule has 2 aromatic rings. The summed E-state index contributed by atoms with van der Waals surface area (Å²) in [6.07, 6.45) is -4.65. The van der Waals surface area contributed by atoms with Crippen molar-refractivity contribution in [3.8, 4) is 5.75 Å². The highest BCUT2D eigenvalue weighted by Gasteiger charge is 2.27. The van der Waals surface area contributed by atoms with Crippen LogP contribution in [0.3, 0.4) is 0 Å². The quantitative estimate of drug-likeness (QED) is 0.903. The first-order chi connectivity index (χ1) is 9.89. The Morgan fingerprint density at radius 3 is 2.62 bits per heavy atom. The molecule has 114 valence electrons. The number of hydrogen-bond donors (Lipinski definition) is 1. The zero-order valence-electron chi connectivity index (χ0n) is 11.8. The van der Waals surface area contributed by atoms with Crippen molar-refractivity contribution in [3.05, 3.63) is 42.0 Å². The Labute approximate surface area is 121 Å². The first kappa shape index (κ1) is 15.6. The van der Waals surface area contributed by atoms with Crippen LogP contribution in [0, 0.1) is 0 Å². The van der Waals surface area contributed by atoms with Crippen molar-refractivity contribution in [3.63, 3.8) is 0 Å². The Bertz CT molecular complexity index is 610. The highest BCUT2D eigenvalue weighted by Crippen LogP contribution is 2.26. The van der Waals surface area contributed by atoms with Crippen LogP contribution in [-0.4, -0.2) is 19.3 Å². The molecule has 2 nitrogen and oxygen atoms in total. The van der Waals surface area contributed by atoms with Crippen LogP contribution in [-0.2, 0) is 6.42 Å². The number of ether oxygens (including phenoxy) is 1. The highest BCUT2D eigenvalue weighted by molar-refractivity contribution is 5.87. The topological polar surface area (TPSA) is 35.2 Å². The molecule has 2 N–H and O–H groups in total. The summed E-state index contributed by atoms with van der Waals surface area (Å²) in [6, 6.07) is 10.9. The van der Waals surface area contributed by atoms with Gasteiger partial charge in [0, 0.05) is 12.5 Å². The van der Waals surface area contributed by atoms with E-state index in [-0.39, 0.29) is 6.42 Å². The van der Waals surface area contributed by atoms with Gasteiger partial charge in [0.15, 0.2) is 0 Å². The summed E-state index contributed by atoms with van der Waals surface area (Å²) < 4.78 is 41.9. The van der Waals surface area contributed by atoms with E-state index >= 15 is 0 Å². The van der Waals surface area contributed by atoms with Crippen molar-refractivity contribution in [1.82, 2.24) is 0 Å². The average Bonchev–Trinajstić information content (AvgIpc) is 2.44. The second kappa shape index (κ2) is 6.35. The molecule has 0 aliphatic rings. The maximum absolute atomic E-state index is 12.2. The van der Waals surface area contributed by atoms with E-state index in [0.29, 0.717) is 6.42 Å². The van der Waals surface area contributed by atoms with E-state index in [0.717, 1.165) is 22.1 Å². The molecular formula is C16H18F3NO. The maximum Gasteiger partial charge on any atom is 0.389 e. The molecule has 2 aromatic carbocycles. The Kier molecular flexibility index (Phi) is 4.73. The van der Waals surface area contributed by atoms with Gasteiger partial charge in [-0.05, 0) is 41.3 Å². The predicted molar refractivity (Wildman–Crippen MR) is 77.5 cm³/mol. The van der Waals surface area contributed by atoms with E-state index in [1.165, 1.54) is 0 Å². The van der Waals surface area contributed by atoms with E-state index in [9.17, 15) is 13.2 Å². The molecule has 0 amide bonds. The van der Waals surface area contributed by atoms with Gasteiger partial charge < -0.3 is 10.5 Å². The van der Waals surface area contributed by atoms with Crippen LogP contribution >= 0.6 is 0 Å². The molecule has 0 bridgehead atoms. The Morgan fingerprint density at radius 2 is 1.95 bits per heavy atom. The summed E-state index contributed by atoms with van der Waals surface area (Å²) in [5.74, 6) is 0.721. The lowest BCUT2D eigenvalue weighted by Gasteiger charge is -2.15. The second-order valence-electron chi connectivity index (χ2n) is 5.12. The zero-order valence-corrected chi connectivity index (χ0v) is 11.8. The van der Waals surface area contributed by atoms with Gasteiger partial charge in [-0.2, -0.15) is 13.2 Å². The van der Waals surface area contributed by atoms with Crippen molar-refractivity contribution in [2.75, 3.05) is 7.11 Å². The number of hydrogen-bond acceptors (Lipinski definition) is 2. The lowest BCUT2D eigenvalue weighted by atomic mass is 9.97. The van der Waals surface area contributed by atoms with Gasteiger partial charge in [0.2, 0.25) is 0 Å². The summed E-state index contributed by atoms with van der Waals surface area (Å²) in [7, 11) is 1.58. The van der Waals surface area contributed by atoms with Crippen LogP contribution in [0.25, 0.3) is 10.8 Å². The Hall–Kier alpha value is -1.75. The molecule has 0 aliphatic carbocycles. The van der Waals surface area contributed by atoms with Gasteiger partial charge in [0.1, 0.15) is 5.75 Å². The molecule has 0 fully saturated rings. The first-order valence-electron chi connectivity index (χ1n) is 6.77. The minimum absolute atomic E-state index is 0.0656. The summed E-state index contributed by atoms with van der Waals surface area (Å²) in [4.78, 5) is 0.